The first-order chi connectivity index (χ1) is 33.0. The van der Waals surface area contributed by atoms with Gasteiger partial charge in [-0.25, -0.2) is 0 Å². The van der Waals surface area contributed by atoms with Crippen LogP contribution >= 0.6 is 0 Å². The number of carbonyl (C=O) groups is 3. The molecule has 0 saturated heterocycles. The van der Waals surface area contributed by atoms with Gasteiger partial charge in [0.15, 0.2) is 6.10 Å². The Labute approximate surface area is 416 Å². The highest BCUT2D eigenvalue weighted by Crippen LogP contribution is 2.17. The minimum absolute atomic E-state index is 0.0699. The third-order valence-corrected chi connectivity index (χ3v) is 13.1. The Morgan fingerprint density at radius 3 is 0.836 bits per heavy atom. The van der Waals surface area contributed by atoms with E-state index >= 15 is 0 Å². The van der Waals surface area contributed by atoms with E-state index in [9.17, 15) is 14.4 Å². The number of rotatable bonds is 54. The number of ether oxygens (including phenoxy) is 3. The van der Waals surface area contributed by atoms with E-state index in [2.05, 4.69) is 57.2 Å². The van der Waals surface area contributed by atoms with E-state index in [1.165, 1.54) is 205 Å². The molecule has 0 aromatic carbocycles. The predicted molar refractivity (Wildman–Crippen MR) is 289 cm³/mol. The Balaban J connectivity index is 4.10. The molecule has 392 valence electrons. The Hall–Kier alpha value is -2.37. The highest BCUT2D eigenvalue weighted by Gasteiger charge is 2.19. The molecule has 0 rings (SSSR count). The Kier molecular flexibility index (Phi) is 54.2. The minimum Gasteiger partial charge on any atom is -0.462 e. The summed E-state index contributed by atoms with van der Waals surface area (Å²) in [7, 11) is 0. The van der Waals surface area contributed by atoms with Gasteiger partial charge in [-0.05, 0) is 57.8 Å². The van der Waals surface area contributed by atoms with Gasteiger partial charge in [0.2, 0.25) is 0 Å². The van der Waals surface area contributed by atoms with Crippen LogP contribution in [0.15, 0.2) is 36.5 Å². The second-order valence-electron chi connectivity index (χ2n) is 19.9. The summed E-state index contributed by atoms with van der Waals surface area (Å²) in [4.78, 5) is 37.9. The molecule has 0 saturated carbocycles. The number of unbranched alkanes of at least 4 members (excludes halogenated alkanes) is 37. The van der Waals surface area contributed by atoms with E-state index < -0.39 is 6.10 Å². The van der Waals surface area contributed by atoms with Crippen LogP contribution in [0.25, 0.3) is 0 Å². The van der Waals surface area contributed by atoms with Gasteiger partial charge in [0.1, 0.15) is 13.2 Å². The summed E-state index contributed by atoms with van der Waals surface area (Å²) in [6, 6.07) is 0. The molecule has 0 aliphatic heterocycles. The first-order valence-electron chi connectivity index (χ1n) is 29.5. The molecule has 0 heterocycles. The van der Waals surface area contributed by atoms with Crippen LogP contribution in [0.4, 0.5) is 0 Å². The molecule has 0 aliphatic carbocycles. The van der Waals surface area contributed by atoms with Gasteiger partial charge in [-0.15, -0.1) is 0 Å². The van der Waals surface area contributed by atoms with Gasteiger partial charge < -0.3 is 14.2 Å². The number of hydrogen-bond acceptors (Lipinski definition) is 6. The molecule has 0 aromatic rings. The average Bonchev–Trinajstić information content (AvgIpc) is 3.33. The van der Waals surface area contributed by atoms with Crippen molar-refractivity contribution >= 4 is 17.9 Å². The molecule has 67 heavy (non-hydrogen) atoms. The Morgan fingerprint density at radius 1 is 0.299 bits per heavy atom. The zero-order chi connectivity index (χ0) is 48.6. The first-order valence-corrected chi connectivity index (χ1v) is 29.5. The second-order valence-corrected chi connectivity index (χ2v) is 19.9. The summed E-state index contributed by atoms with van der Waals surface area (Å²) in [5.74, 6) is -0.866. The molecule has 0 aliphatic rings. The molecule has 1 unspecified atom stereocenters. The number of hydrogen-bond donors (Lipinski definition) is 0. The van der Waals surface area contributed by atoms with Crippen LogP contribution < -0.4 is 0 Å². The average molecular weight is 942 g/mol. The van der Waals surface area contributed by atoms with Crippen LogP contribution in [0.3, 0.4) is 0 Å². The topological polar surface area (TPSA) is 78.9 Å². The van der Waals surface area contributed by atoms with Crippen molar-refractivity contribution in [3.05, 3.63) is 36.5 Å². The lowest BCUT2D eigenvalue weighted by Gasteiger charge is -2.18. The maximum atomic E-state index is 12.8. The van der Waals surface area contributed by atoms with Crippen molar-refractivity contribution in [2.24, 2.45) is 0 Å². The molecule has 0 amide bonds. The first kappa shape index (κ1) is 64.6. The fraction of sp³-hybridized carbons (Fsp3) is 0.852. The lowest BCUT2D eigenvalue weighted by molar-refractivity contribution is -0.167. The van der Waals surface area contributed by atoms with Crippen molar-refractivity contribution in [2.75, 3.05) is 13.2 Å². The van der Waals surface area contributed by atoms with Gasteiger partial charge in [-0.3, -0.25) is 14.4 Å². The monoisotopic (exact) mass is 941 g/mol. The number of carbonyl (C=O) groups excluding carboxylic acids is 3. The fourth-order valence-electron chi connectivity index (χ4n) is 8.69. The number of esters is 3. The van der Waals surface area contributed by atoms with Gasteiger partial charge in [-0.1, -0.05) is 276 Å². The summed E-state index contributed by atoms with van der Waals surface area (Å²) in [6.07, 6.45) is 67.4. The molecule has 1 atom stereocenters. The van der Waals surface area contributed by atoms with Gasteiger partial charge >= 0.3 is 17.9 Å². The predicted octanol–water partition coefficient (Wildman–Crippen LogP) is 19.7. The highest BCUT2D eigenvalue weighted by molar-refractivity contribution is 5.71. The quantitative estimate of drug-likeness (QED) is 0.0262. The van der Waals surface area contributed by atoms with Crippen molar-refractivity contribution < 1.29 is 28.6 Å². The largest absolute Gasteiger partial charge is 0.462 e. The Bertz CT molecular complexity index is 1130. The molecule has 6 nitrogen and oxygen atoms in total. The maximum absolute atomic E-state index is 12.8. The van der Waals surface area contributed by atoms with E-state index in [0.717, 1.165) is 70.6 Å². The maximum Gasteiger partial charge on any atom is 0.306 e. The summed E-state index contributed by atoms with van der Waals surface area (Å²) >= 11 is 0. The third kappa shape index (κ3) is 54.4. The standard InChI is InChI=1S/C61H112O6/c1-4-7-10-13-16-18-20-22-24-26-28-29-30-31-32-33-34-36-37-39-41-43-45-48-51-54-60(63)66-57-58(56-65-59(62)53-50-47-15-12-9-6-3)67-61(64)55-52-49-46-44-42-40-38-35-27-25-23-21-19-17-14-11-8-5-2/h20,22,26,28,30-31,58H,4-19,21,23-25,27,29,32-57H2,1-3H3/b22-20-,28-26-,31-30-. The molecule has 0 N–H and O–H groups in total. The van der Waals surface area contributed by atoms with Crippen LogP contribution in [0.2, 0.25) is 0 Å². The third-order valence-electron chi connectivity index (χ3n) is 13.1. The minimum atomic E-state index is -0.767. The van der Waals surface area contributed by atoms with E-state index in [4.69, 9.17) is 14.2 Å². The number of allylic oxidation sites excluding steroid dienone is 6. The zero-order valence-electron chi connectivity index (χ0n) is 44.9. The van der Waals surface area contributed by atoms with Crippen molar-refractivity contribution in [1.29, 1.82) is 0 Å². The van der Waals surface area contributed by atoms with Crippen molar-refractivity contribution in [1.82, 2.24) is 0 Å². The highest BCUT2D eigenvalue weighted by atomic mass is 16.6. The summed E-state index contributed by atoms with van der Waals surface area (Å²) in [5, 5.41) is 0. The van der Waals surface area contributed by atoms with Crippen molar-refractivity contribution in [2.45, 2.75) is 322 Å². The van der Waals surface area contributed by atoms with Gasteiger partial charge in [-0.2, -0.15) is 0 Å². The molecule has 6 heteroatoms. The van der Waals surface area contributed by atoms with Gasteiger partial charge in [0, 0.05) is 19.3 Å². The normalized spacial score (nSPS) is 12.2. The molecule has 0 fully saturated rings. The fourth-order valence-corrected chi connectivity index (χ4v) is 8.69. The van der Waals surface area contributed by atoms with Gasteiger partial charge in [0.25, 0.3) is 0 Å². The lowest BCUT2D eigenvalue weighted by atomic mass is 10.0. The summed E-state index contributed by atoms with van der Waals surface area (Å²) in [6.45, 7) is 6.61. The molecule has 0 spiro atoms. The van der Waals surface area contributed by atoms with Crippen LogP contribution in [-0.4, -0.2) is 37.2 Å². The van der Waals surface area contributed by atoms with Crippen LogP contribution in [-0.2, 0) is 28.6 Å². The lowest BCUT2D eigenvalue weighted by Crippen LogP contribution is -2.30. The second kappa shape index (κ2) is 56.2. The summed E-state index contributed by atoms with van der Waals surface area (Å²) < 4.78 is 16.8. The Morgan fingerprint density at radius 2 is 0.537 bits per heavy atom. The van der Waals surface area contributed by atoms with Crippen LogP contribution in [0, 0.1) is 0 Å². The molecule has 0 aromatic heterocycles. The smallest absolute Gasteiger partial charge is 0.306 e. The molecular formula is C61H112O6. The van der Waals surface area contributed by atoms with Crippen molar-refractivity contribution in [3.63, 3.8) is 0 Å². The molecule has 0 bridgehead atoms. The van der Waals surface area contributed by atoms with E-state index in [-0.39, 0.29) is 31.1 Å². The van der Waals surface area contributed by atoms with E-state index in [0.29, 0.717) is 19.3 Å². The van der Waals surface area contributed by atoms with Gasteiger partial charge in [0.05, 0.1) is 0 Å². The van der Waals surface area contributed by atoms with Crippen LogP contribution in [0.1, 0.15) is 316 Å². The zero-order valence-corrected chi connectivity index (χ0v) is 44.9. The molecular weight excluding hydrogens is 829 g/mol. The van der Waals surface area contributed by atoms with Crippen LogP contribution in [0.5, 0.6) is 0 Å². The van der Waals surface area contributed by atoms with Crippen molar-refractivity contribution in [3.8, 4) is 0 Å². The SMILES string of the molecule is CCCCCCC/C=C\C/C=C\C/C=C\CCCCCCCCCCCCC(=O)OCC(COC(=O)CCCCCCCC)OC(=O)CCCCCCCCCCCCCCCCCCCC. The summed E-state index contributed by atoms with van der Waals surface area (Å²) in [5.41, 5.74) is 0. The van der Waals surface area contributed by atoms with E-state index in [1.54, 1.807) is 0 Å². The van der Waals surface area contributed by atoms with E-state index in [1.807, 2.05) is 0 Å². The molecule has 0 radical (unpaired) electrons.